The van der Waals surface area contributed by atoms with Gasteiger partial charge in [0.15, 0.2) is 0 Å². The topological polar surface area (TPSA) is 87.6 Å². The first-order chi connectivity index (χ1) is 16.4. The number of carbonyl (C=O) groups excluding carboxylic acids is 2. The highest BCUT2D eigenvalue weighted by Crippen LogP contribution is 2.65. The minimum Gasteiger partial charge on any atom is -0.478 e. The van der Waals surface area contributed by atoms with Crippen LogP contribution in [-0.4, -0.2) is 27.9 Å². The van der Waals surface area contributed by atoms with Crippen LogP contribution in [0.15, 0.2) is 60.7 Å². The molecule has 6 nitrogen and oxygen atoms in total. The Labute approximate surface area is 195 Å². The van der Waals surface area contributed by atoms with Gasteiger partial charge in [-0.3, -0.25) is 14.5 Å². The Balaban J connectivity index is 1.25. The third-order valence-electron chi connectivity index (χ3n) is 8.36. The molecule has 34 heavy (non-hydrogen) atoms. The summed E-state index contributed by atoms with van der Waals surface area (Å²) in [6, 6.07) is 14.2. The summed E-state index contributed by atoms with van der Waals surface area (Å²) in [4.78, 5) is 44.7. The van der Waals surface area contributed by atoms with E-state index in [1.54, 1.807) is 36.4 Å². The molecule has 6 heteroatoms. The van der Waals surface area contributed by atoms with Crippen molar-refractivity contribution in [2.45, 2.75) is 13.3 Å². The summed E-state index contributed by atoms with van der Waals surface area (Å²) in [7, 11) is 0. The summed E-state index contributed by atoms with van der Waals surface area (Å²) in [5.74, 6) is -0.0979. The zero-order valence-corrected chi connectivity index (χ0v) is 18.5. The molecule has 1 saturated heterocycles. The molecule has 0 radical (unpaired) electrons. The Hall–Kier alpha value is -3.80. The number of benzene rings is 2. The number of hydrogen-bond acceptors (Lipinski definition) is 4. The molecule has 2 saturated carbocycles. The molecular formula is C28H22N2O4. The lowest BCUT2D eigenvalue weighted by molar-refractivity contribution is -0.124. The third-order valence-corrected chi connectivity index (χ3v) is 8.36. The molecule has 0 spiro atoms. The van der Waals surface area contributed by atoms with E-state index >= 15 is 0 Å². The second-order valence-corrected chi connectivity index (χ2v) is 10.0. The van der Waals surface area contributed by atoms with Crippen LogP contribution in [0.4, 0.5) is 5.69 Å². The molecule has 2 aromatic carbocycles. The number of para-hydroxylation sites is 1. The van der Waals surface area contributed by atoms with Crippen molar-refractivity contribution >= 4 is 34.4 Å². The summed E-state index contributed by atoms with van der Waals surface area (Å²) >= 11 is 0. The van der Waals surface area contributed by atoms with E-state index in [1.165, 1.54) is 4.90 Å². The number of carboxylic acid groups (broad SMARTS) is 1. The van der Waals surface area contributed by atoms with Crippen LogP contribution in [0.3, 0.4) is 0 Å². The average Bonchev–Trinajstić information content (AvgIpc) is 3.62. The maximum Gasteiger partial charge on any atom is 0.336 e. The fraction of sp³-hybridized carbons (Fsp3) is 0.286. The highest BCUT2D eigenvalue weighted by Gasteiger charge is 2.67. The van der Waals surface area contributed by atoms with Crippen molar-refractivity contribution in [3.63, 3.8) is 0 Å². The number of aromatic carboxylic acids is 1. The minimum absolute atomic E-state index is 0.0833. The number of carbonyl (C=O) groups is 3. The number of pyridine rings is 1. The maximum atomic E-state index is 13.4. The summed E-state index contributed by atoms with van der Waals surface area (Å²) < 4.78 is 0. The van der Waals surface area contributed by atoms with E-state index < -0.39 is 5.97 Å². The molecule has 3 aromatic rings. The van der Waals surface area contributed by atoms with Gasteiger partial charge in [-0.1, -0.05) is 42.5 Å². The third kappa shape index (κ3) is 2.51. The number of anilines is 1. The number of carboxylic acids is 1. The lowest BCUT2D eigenvalue weighted by Gasteiger charge is -2.37. The van der Waals surface area contributed by atoms with E-state index in [4.69, 9.17) is 4.98 Å². The van der Waals surface area contributed by atoms with Crippen LogP contribution < -0.4 is 4.90 Å². The number of hydrogen-bond donors (Lipinski definition) is 1. The van der Waals surface area contributed by atoms with Crippen molar-refractivity contribution in [1.82, 2.24) is 4.98 Å². The fourth-order valence-electron chi connectivity index (χ4n) is 6.71. The van der Waals surface area contributed by atoms with Crippen molar-refractivity contribution in [3.8, 4) is 11.3 Å². The molecular weight excluding hydrogens is 428 g/mol. The van der Waals surface area contributed by atoms with Crippen LogP contribution in [0.2, 0.25) is 0 Å². The zero-order valence-electron chi connectivity index (χ0n) is 18.5. The Kier molecular flexibility index (Phi) is 3.83. The van der Waals surface area contributed by atoms with Gasteiger partial charge in [-0.2, -0.15) is 0 Å². The molecule has 5 aliphatic rings. The van der Waals surface area contributed by atoms with Gasteiger partial charge in [0.2, 0.25) is 11.8 Å². The number of rotatable bonds is 3. The Morgan fingerprint density at radius 2 is 1.62 bits per heavy atom. The van der Waals surface area contributed by atoms with Crippen LogP contribution in [-0.2, 0) is 9.59 Å². The Bertz CT molecular complexity index is 1420. The van der Waals surface area contributed by atoms with E-state index in [2.05, 4.69) is 12.2 Å². The predicted molar refractivity (Wildman–Crippen MR) is 126 cm³/mol. The number of amides is 2. The lowest BCUT2D eigenvalue weighted by Crippen LogP contribution is -2.40. The normalized spacial score (nSPS) is 30.6. The highest BCUT2D eigenvalue weighted by atomic mass is 16.4. The van der Waals surface area contributed by atoms with Crippen molar-refractivity contribution in [1.29, 1.82) is 0 Å². The van der Waals surface area contributed by atoms with Gasteiger partial charge in [-0.05, 0) is 60.8 Å². The molecule has 2 amide bonds. The smallest absolute Gasteiger partial charge is 0.336 e. The number of aromatic nitrogens is 1. The predicted octanol–water partition coefficient (Wildman–Crippen LogP) is 4.47. The molecule has 8 rings (SSSR count). The first kappa shape index (κ1) is 19.6. The molecule has 2 bridgehead atoms. The second-order valence-electron chi connectivity index (χ2n) is 10.0. The van der Waals surface area contributed by atoms with Crippen LogP contribution in [0, 0.1) is 42.4 Å². The van der Waals surface area contributed by atoms with Gasteiger partial charge in [0.05, 0.1) is 34.3 Å². The van der Waals surface area contributed by atoms with E-state index in [9.17, 15) is 19.5 Å². The summed E-state index contributed by atoms with van der Waals surface area (Å²) in [5.41, 5.74) is 3.59. The first-order valence-corrected chi connectivity index (χ1v) is 11.7. The number of allylic oxidation sites excluding steroid dienone is 2. The molecule has 1 aromatic heterocycles. The summed E-state index contributed by atoms with van der Waals surface area (Å²) in [6.07, 6.45) is 5.48. The first-order valence-electron chi connectivity index (χ1n) is 11.7. The van der Waals surface area contributed by atoms with Crippen molar-refractivity contribution in [3.05, 3.63) is 71.8 Å². The van der Waals surface area contributed by atoms with Gasteiger partial charge in [-0.25, -0.2) is 9.78 Å². The lowest BCUT2D eigenvalue weighted by atomic mass is 9.63. The van der Waals surface area contributed by atoms with Crippen molar-refractivity contribution in [2.24, 2.45) is 35.5 Å². The fourth-order valence-corrected chi connectivity index (χ4v) is 6.71. The Morgan fingerprint density at radius 1 is 0.971 bits per heavy atom. The largest absolute Gasteiger partial charge is 0.478 e. The summed E-state index contributed by atoms with van der Waals surface area (Å²) in [5, 5.41) is 10.3. The van der Waals surface area contributed by atoms with Gasteiger partial charge in [-0.15, -0.1) is 0 Å². The van der Waals surface area contributed by atoms with Gasteiger partial charge in [0.1, 0.15) is 0 Å². The Morgan fingerprint density at radius 3 is 2.24 bits per heavy atom. The van der Waals surface area contributed by atoms with E-state index in [-0.39, 0.29) is 41.0 Å². The molecule has 1 aliphatic heterocycles. The quantitative estimate of drug-likeness (QED) is 0.470. The monoisotopic (exact) mass is 450 g/mol. The van der Waals surface area contributed by atoms with Gasteiger partial charge in [0.25, 0.3) is 0 Å². The molecule has 1 N–H and O–H groups in total. The molecule has 6 atom stereocenters. The van der Waals surface area contributed by atoms with E-state index in [1.807, 2.05) is 19.1 Å². The van der Waals surface area contributed by atoms with Gasteiger partial charge >= 0.3 is 5.97 Å². The second kappa shape index (κ2) is 6.63. The van der Waals surface area contributed by atoms with Crippen LogP contribution >= 0.6 is 0 Å². The zero-order chi connectivity index (χ0) is 23.3. The SMILES string of the molecule is Cc1cccc2c(C(=O)O)cc(-c3ccc(N4C(=O)C5C6C=CC(C7CC67)C5C4=O)cc3)nc12. The standard InChI is InChI=1S/C28H22N2O4/c1-13-3-2-4-18-21(28(33)34)12-22(29-25(13)18)14-5-7-15(8-6-14)30-26(31)23-16-9-10-17(20-11-19(16)20)24(23)27(30)32/h2-10,12,16-17,19-20,23-24H,11H2,1H3,(H,33,34). The van der Waals surface area contributed by atoms with Gasteiger partial charge in [0, 0.05) is 10.9 Å². The van der Waals surface area contributed by atoms with Gasteiger partial charge < -0.3 is 5.11 Å². The number of imide groups is 1. The van der Waals surface area contributed by atoms with Crippen LogP contribution in [0.25, 0.3) is 22.2 Å². The van der Waals surface area contributed by atoms with Crippen molar-refractivity contribution in [2.75, 3.05) is 4.90 Å². The number of fused-ring (bicyclic) bond motifs is 1. The van der Waals surface area contributed by atoms with E-state index in [0.29, 0.717) is 34.1 Å². The average molecular weight is 450 g/mol. The molecule has 3 fully saturated rings. The number of aryl methyl sites for hydroxylation is 1. The molecule has 2 heterocycles. The highest BCUT2D eigenvalue weighted by molar-refractivity contribution is 6.22. The van der Waals surface area contributed by atoms with E-state index in [0.717, 1.165) is 17.5 Å². The van der Waals surface area contributed by atoms with Crippen molar-refractivity contribution < 1.29 is 19.5 Å². The molecule has 168 valence electrons. The van der Waals surface area contributed by atoms with Crippen LogP contribution in [0.1, 0.15) is 22.3 Å². The maximum absolute atomic E-state index is 13.4. The molecule has 6 unspecified atom stereocenters. The molecule has 4 aliphatic carbocycles. The van der Waals surface area contributed by atoms with Crippen LogP contribution in [0.5, 0.6) is 0 Å². The summed E-state index contributed by atoms with van der Waals surface area (Å²) in [6.45, 7) is 1.91. The number of nitrogens with zero attached hydrogens (tertiary/aromatic N) is 2. The minimum atomic E-state index is -1.01.